The molecular weight excluding hydrogens is 404 g/mol. The molecule has 4 aromatic rings. The van der Waals surface area contributed by atoms with E-state index in [0.717, 1.165) is 11.3 Å². The Kier molecular flexibility index (Phi) is 5.74. The van der Waals surface area contributed by atoms with Crippen LogP contribution in [0.5, 0.6) is 5.75 Å². The number of halogens is 1. The molecule has 0 aliphatic carbocycles. The Morgan fingerprint density at radius 3 is 2.41 bits per heavy atom. The van der Waals surface area contributed by atoms with Crippen molar-refractivity contribution in [2.45, 2.75) is 0 Å². The molecule has 0 fully saturated rings. The molecule has 1 aromatic heterocycles. The van der Waals surface area contributed by atoms with Gasteiger partial charge in [0.1, 0.15) is 5.75 Å². The highest BCUT2D eigenvalue weighted by atomic mass is 35.5. The number of phenols is 1. The largest absolute Gasteiger partial charge is 0.507 e. The molecular formula is C22H15ClN4OS. The Labute approximate surface area is 176 Å². The van der Waals surface area contributed by atoms with E-state index in [4.69, 9.17) is 11.6 Å². The van der Waals surface area contributed by atoms with Crippen molar-refractivity contribution in [3.63, 3.8) is 0 Å². The number of azo groups is 1. The quantitative estimate of drug-likeness (QED) is 0.272. The summed E-state index contributed by atoms with van der Waals surface area (Å²) < 4.78 is 0. The molecule has 0 atom stereocenters. The third kappa shape index (κ3) is 4.93. The van der Waals surface area contributed by atoms with Gasteiger partial charge in [0.2, 0.25) is 5.13 Å². The number of phenolic OH excluding ortho intramolecular Hbond substituents is 1. The van der Waals surface area contributed by atoms with Gasteiger partial charge in [-0.25, -0.2) is 9.98 Å². The van der Waals surface area contributed by atoms with E-state index in [0.29, 0.717) is 27.1 Å². The second kappa shape index (κ2) is 8.77. The van der Waals surface area contributed by atoms with Gasteiger partial charge in [0.15, 0.2) is 0 Å². The fourth-order valence-electron chi connectivity index (χ4n) is 2.52. The number of nitrogens with zero attached hydrogens (tertiary/aromatic N) is 4. The highest BCUT2D eigenvalue weighted by molar-refractivity contribution is 7.13. The van der Waals surface area contributed by atoms with Gasteiger partial charge < -0.3 is 5.11 Å². The van der Waals surface area contributed by atoms with E-state index in [1.54, 1.807) is 48.7 Å². The summed E-state index contributed by atoms with van der Waals surface area (Å²) in [6, 6.07) is 21.9. The smallest absolute Gasteiger partial charge is 0.209 e. The molecule has 1 heterocycles. The molecule has 4 rings (SSSR count). The summed E-state index contributed by atoms with van der Waals surface area (Å²) in [5.41, 5.74) is 3.74. The zero-order valence-electron chi connectivity index (χ0n) is 15.1. The Morgan fingerprint density at radius 2 is 1.62 bits per heavy atom. The minimum Gasteiger partial charge on any atom is -0.507 e. The van der Waals surface area contributed by atoms with E-state index in [1.807, 2.05) is 35.7 Å². The first-order valence-corrected chi connectivity index (χ1v) is 9.98. The van der Waals surface area contributed by atoms with Crippen molar-refractivity contribution in [2.24, 2.45) is 15.2 Å². The molecule has 3 aromatic carbocycles. The predicted octanol–water partition coefficient (Wildman–Crippen LogP) is 7.34. The summed E-state index contributed by atoms with van der Waals surface area (Å²) in [6.07, 6.45) is 1.57. The van der Waals surface area contributed by atoms with Crippen LogP contribution in [0.15, 0.2) is 93.4 Å². The maximum atomic E-state index is 10.1. The molecule has 0 spiro atoms. The molecule has 0 amide bonds. The molecule has 0 aliphatic heterocycles. The maximum Gasteiger partial charge on any atom is 0.209 e. The summed E-state index contributed by atoms with van der Waals surface area (Å²) in [5, 5.41) is 21.7. The predicted molar refractivity (Wildman–Crippen MR) is 119 cm³/mol. The maximum absolute atomic E-state index is 10.1. The lowest BCUT2D eigenvalue weighted by atomic mass is 10.2. The molecule has 0 unspecified atom stereocenters. The Morgan fingerprint density at radius 1 is 0.897 bits per heavy atom. The van der Waals surface area contributed by atoms with E-state index in [9.17, 15) is 5.11 Å². The minimum absolute atomic E-state index is 0.110. The van der Waals surface area contributed by atoms with E-state index < -0.39 is 0 Å². The fourth-order valence-corrected chi connectivity index (χ4v) is 3.32. The van der Waals surface area contributed by atoms with Gasteiger partial charge in [0.25, 0.3) is 0 Å². The van der Waals surface area contributed by atoms with Crippen LogP contribution in [0.4, 0.5) is 16.5 Å². The van der Waals surface area contributed by atoms with Gasteiger partial charge >= 0.3 is 0 Å². The standard InChI is InChI=1S/C22H15ClN4OS/c23-17-6-8-18(9-7-17)26-27-19-10-11-21(28)16(12-19)13-24-22-25-20(14-29-22)15-4-2-1-3-5-15/h1-14,28H/b24-13+,27-26?. The Balaban J connectivity index is 1.52. The van der Waals surface area contributed by atoms with E-state index in [1.165, 1.54) is 11.3 Å². The average Bonchev–Trinajstić information content (AvgIpc) is 3.23. The molecule has 5 nitrogen and oxygen atoms in total. The van der Waals surface area contributed by atoms with E-state index in [-0.39, 0.29) is 5.75 Å². The Hall–Kier alpha value is -3.35. The third-order valence-electron chi connectivity index (χ3n) is 3.99. The zero-order chi connectivity index (χ0) is 20.1. The number of rotatable bonds is 5. The zero-order valence-corrected chi connectivity index (χ0v) is 16.7. The minimum atomic E-state index is 0.110. The van der Waals surface area contributed by atoms with Crippen molar-refractivity contribution in [3.8, 4) is 17.0 Å². The van der Waals surface area contributed by atoms with Crippen LogP contribution >= 0.6 is 22.9 Å². The van der Waals surface area contributed by atoms with Gasteiger partial charge in [-0.3, -0.25) is 0 Å². The van der Waals surface area contributed by atoms with Crippen LogP contribution in [0.25, 0.3) is 11.3 Å². The molecule has 0 bridgehead atoms. The third-order valence-corrected chi connectivity index (χ3v) is 4.99. The number of aromatic nitrogens is 1. The summed E-state index contributed by atoms with van der Waals surface area (Å²) >= 11 is 7.31. The SMILES string of the molecule is Oc1ccc(N=Nc2ccc(Cl)cc2)cc1/C=N/c1nc(-c2ccccc2)cs1. The molecule has 7 heteroatoms. The number of hydrogen-bond acceptors (Lipinski definition) is 6. The van der Waals surface area contributed by atoms with E-state index >= 15 is 0 Å². The van der Waals surface area contributed by atoms with Crippen molar-refractivity contribution in [3.05, 3.63) is 88.8 Å². The monoisotopic (exact) mass is 418 g/mol. The van der Waals surface area contributed by atoms with Crippen LogP contribution in [-0.4, -0.2) is 16.3 Å². The molecule has 1 N–H and O–H groups in total. The van der Waals surface area contributed by atoms with Crippen LogP contribution in [0.3, 0.4) is 0 Å². The second-order valence-corrected chi connectivity index (χ2v) is 7.33. The van der Waals surface area contributed by atoms with Gasteiger partial charge in [-0.1, -0.05) is 41.9 Å². The highest BCUT2D eigenvalue weighted by Crippen LogP contribution is 2.28. The van der Waals surface area contributed by atoms with Crippen molar-refractivity contribution >= 4 is 45.7 Å². The van der Waals surface area contributed by atoms with Crippen LogP contribution < -0.4 is 0 Å². The first-order valence-electron chi connectivity index (χ1n) is 8.73. The topological polar surface area (TPSA) is 70.2 Å². The summed E-state index contributed by atoms with van der Waals surface area (Å²) in [6.45, 7) is 0. The lowest BCUT2D eigenvalue weighted by molar-refractivity contribution is 0.474. The molecule has 0 saturated carbocycles. The number of thiazole rings is 1. The van der Waals surface area contributed by atoms with Crippen LogP contribution in [-0.2, 0) is 0 Å². The lowest BCUT2D eigenvalue weighted by Gasteiger charge is -2.00. The summed E-state index contributed by atoms with van der Waals surface area (Å²) in [7, 11) is 0. The molecule has 0 aliphatic rings. The lowest BCUT2D eigenvalue weighted by Crippen LogP contribution is -1.82. The van der Waals surface area contributed by atoms with Crippen molar-refractivity contribution in [1.29, 1.82) is 0 Å². The summed E-state index contributed by atoms with van der Waals surface area (Å²) in [5.74, 6) is 0.110. The second-order valence-electron chi connectivity index (χ2n) is 6.06. The molecule has 29 heavy (non-hydrogen) atoms. The number of aromatic hydroxyl groups is 1. The average molecular weight is 419 g/mol. The van der Waals surface area contributed by atoms with Crippen molar-refractivity contribution in [1.82, 2.24) is 4.98 Å². The number of aliphatic imine (C=N–C) groups is 1. The fraction of sp³-hybridized carbons (Fsp3) is 0. The first-order chi connectivity index (χ1) is 14.2. The van der Waals surface area contributed by atoms with Crippen LogP contribution in [0.1, 0.15) is 5.56 Å². The van der Waals surface area contributed by atoms with Gasteiger partial charge in [0.05, 0.1) is 17.1 Å². The molecule has 0 radical (unpaired) electrons. The molecule has 142 valence electrons. The van der Waals surface area contributed by atoms with Crippen LogP contribution in [0.2, 0.25) is 5.02 Å². The van der Waals surface area contributed by atoms with Gasteiger partial charge in [-0.2, -0.15) is 10.2 Å². The summed E-state index contributed by atoms with van der Waals surface area (Å²) in [4.78, 5) is 8.91. The van der Waals surface area contributed by atoms with Crippen molar-refractivity contribution < 1.29 is 5.11 Å². The van der Waals surface area contributed by atoms with Gasteiger partial charge in [-0.15, -0.1) is 11.3 Å². The normalized spacial score (nSPS) is 11.5. The van der Waals surface area contributed by atoms with Crippen molar-refractivity contribution in [2.75, 3.05) is 0 Å². The van der Waals surface area contributed by atoms with Gasteiger partial charge in [0, 0.05) is 27.7 Å². The highest BCUT2D eigenvalue weighted by Gasteiger charge is 2.04. The first kappa shape index (κ1) is 19.0. The molecule has 0 saturated heterocycles. The van der Waals surface area contributed by atoms with E-state index in [2.05, 4.69) is 20.2 Å². The van der Waals surface area contributed by atoms with Crippen LogP contribution in [0, 0.1) is 0 Å². The Bertz CT molecular complexity index is 1170. The number of hydrogen-bond donors (Lipinski definition) is 1. The van der Waals surface area contributed by atoms with Gasteiger partial charge in [-0.05, 0) is 42.5 Å². The number of benzene rings is 3.